The van der Waals surface area contributed by atoms with Crippen LogP contribution < -0.4 is 10.6 Å². The highest BCUT2D eigenvalue weighted by molar-refractivity contribution is 6.04. The van der Waals surface area contributed by atoms with E-state index in [9.17, 15) is 14.0 Å². The summed E-state index contributed by atoms with van der Waals surface area (Å²) in [5, 5.41) is 19.2. The van der Waals surface area contributed by atoms with Crippen molar-refractivity contribution in [2.24, 2.45) is 0 Å². The summed E-state index contributed by atoms with van der Waals surface area (Å²) >= 11 is 0. The summed E-state index contributed by atoms with van der Waals surface area (Å²) in [5.74, 6) is -1.23. The summed E-state index contributed by atoms with van der Waals surface area (Å²) < 4.78 is 15.2. The SMILES string of the molecule is Cc1cccc(C(=O)N[C@H]2C(=O)Nc3c(c(C)nn3CCC#N)[C@@H]2c2ccc(F)cc2)c1. The Labute approximate surface area is 184 Å². The highest BCUT2D eigenvalue weighted by Gasteiger charge is 2.41. The van der Waals surface area contributed by atoms with Crippen LogP contribution in [0.2, 0.25) is 0 Å². The number of carbonyl (C=O) groups excluding carboxylic acids is 2. The lowest BCUT2D eigenvalue weighted by atomic mass is 9.82. The summed E-state index contributed by atoms with van der Waals surface area (Å²) in [5.41, 5.74) is 3.46. The number of nitrogens with zero attached hydrogens (tertiary/aromatic N) is 3. The van der Waals surface area contributed by atoms with E-state index in [1.807, 2.05) is 19.9 Å². The van der Waals surface area contributed by atoms with Crippen molar-refractivity contribution in [1.82, 2.24) is 15.1 Å². The fourth-order valence-electron chi connectivity index (χ4n) is 4.12. The van der Waals surface area contributed by atoms with Crippen LogP contribution in [0, 0.1) is 31.0 Å². The molecule has 1 aliphatic heterocycles. The van der Waals surface area contributed by atoms with Crippen LogP contribution in [0.3, 0.4) is 0 Å². The van der Waals surface area contributed by atoms with Gasteiger partial charge in [-0.15, -0.1) is 0 Å². The number of carbonyl (C=O) groups is 2. The first-order chi connectivity index (χ1) is 15.4. The second kappa shape index (κ2) is 8.63. The number of aryl methyl sites for hydroxylation is 3. The molecule has 2 aromatic carbocycles. The molecule has 1 aromatic heterocycles. The molecule has 2 atom stereocenters. The Morgan fingerprint density at radius 2 is 2.00 bits per heavy atom. The number of halogens is 1. The van der Waals surface area contributed by atoms with Gasteiger partial charge in [0.15, 0.2) is 0 Å². The number of hydrogen-bond donors (Lipinski definition) is 2. The number of fused-ring (bicyclic) bond motifs is 1. The van der Waals surface area contributed by atoms with Crippen molar-refractivity contribution < 1.29 is 14.0 Å². The lowest BCUT2D eigenvalue weighted by Gasteiger charge is -2.32. The van der Waals surface area contributed by atoms with Gasteiger partial charge in [0, 0.05) is 17.0 Å². The van der Waals surface area contributed by atoms with Gasteiger partial charge >= 0.3 is 0 Å². The first-order valence-corrected chi connectivity index (χ1v) is 10.3. The van der Waals surface area contributed by atoms with E-state index in [4.69, 9.17) is 5.26 Å². The fourth-order valence-corrected chi connectivity index (χ4v) is 4.12. The van der Waals surface area contributed by atoms with Gasteiger partial charge in [0.05, 0.1) is 24.7 Å². The zero-order chi connectivity index (χ0) is 22.8. The average Bonchev–Trinajstić information content (AvgIpc) is 3.08. The number of nitrogens with one attached hydrogen (secondary N) is 2. The first-order valence-electron chi connectivity index (χ1n) is 10.3. The molecule has 8 heteroatoms. The smallest absolute Gasteiger partial charge is 0.251 e. The fraction of sp³-hybridized carbons (Fsp3) is 0.250. The number of nitriles is 1. The van der Waals surface area contributed by atoms with Crippen molar-refractivity contribution >= 4 is 17.6 Å². The standard InChI is InChI=1S/C24H22FN5O2/c1-14-5-3-6-17(13-14)23(31)27-21-20(16-7-9-18(25)10-8-16)19-15(2)29-30(12-4-11-26)22(19)28-24(21)32/h3,5-10,13,20-21H,4,12H2,1-2H3,(H,27,31)(H,28,32)/t20-,21+/m0/s1. The summed E-state index contributed by atoms with van der Waals surface area (Å²) in [4.78, 5) is 26.1. The second-order valence-corrected chi connectivity index (χ2v) is 7.82. The van der Waals surface area contributed by atoms with Crippen LogP contribution in [0.15, 0.2) is 48.5 Å². The van der Waals surface area contributed by atoms with E-state index in [1.165, 1.54) is 12.1 Å². The summed E-state index contributed by atoms with van der Waals surface area (Å²) in [6, 6.07) is 14.1. The van der Waals surface area contributed by atoms with E-state index in [1.54, 1.807) is 35.0 Å². The highest BCUT2D eigenvalue weighted by atomic mass is 19.1. The minimum absolute atomic E-state index is 0.234. The molecule has 1 aliphatic rings. The normalized spacial score (nSPS) is 17.2. The van der Waals surface area contributed by atoms with E-state index >= 15 is 0 Å². The van der Waals surface area contributed by atoms with Crippen molar-refractivity contribution in [2.45, 2.75) is 38.8 Å². The Morgan fingerprint density at radius 1 is 1.25 bits per heavy atom. The molecule has 32 heavy (non-hydrogen) atoms. The summed E-state index contributed by atoms with van der Waals surface area (Å²) in [7, 11) is 0. The summed E-state index contributed by atoms with van der Waals surface area (Å²) in [6.45, 7) is 4.02. The maximum absolute atomic E-state index is 13.6. The number of benzene rings is 2. The van der Waals surface area contributed by atoms with Crippen LogP contribution in [0.25, 0.3) is 0 Å². The Morgan fingerprint density at radius 3 is 2.69 bits per heavy atom. The molecule has 0 saturated heterocycles. The largest absolute Gasteiger partial charge is 0.339 e. The minimum atomic E-state index is -0.923. The predicted molar refractivity (Wildman–Crippen MR) is 116 cm³/mol. The molecule has 0 spiro atoms. The number of anilines is 1. The van der Waals surface area contributed by atoms with Gasteiger partial charge in [-0.1, -0.05) is 29.8 Å². The molecule has 2 heterocycles. The van der Waals surface area contributed by atoms with E-state index in [2.05, 4.69) is 21.8 Å². The molecule has 3 aromatic rings. The van der Waals surface area contributed by atoms with Crippen molar-refractivity contribution in [1.29, 1.82) is 5.26 Å². The third-order valence-corrected chi connectivity index (χ3v) is 5.57. The number of amides is 2. The molecule has 0 bridgehead atoms. The zero-order valence-corrected chi connectivity index (χ0v) is 17.7. The predicted octanol–water partition coefficient (Wildman–Crippen LogP) is 3.44. The van der Waals surface area contributed by atoms with Crippen molar-refractivity contribution in [3.8, 4) is 6.07 Å². The van der Waals surface area contributed by atoms with Crippen LogP contribution in [-0.4, -0.2) is 27.6 Å². The Hall–Kier alpha value is -3.99. The van der Waals surface area contributed by atoms with Gasteiger partial charge in [-0.25, -0.2) is 9.07 Å². The van der Waals surface area contributed by atoms with Crippen LogP contribution in [0.1, 0.15) is 45.1 Å². The number of hydrogen-bond acceptors (Lipinski definition) is 4. The number of rotatable bonds is 5. The molecule has 2 N–H and O–H groups in total. The monoisotopic (exact) mass is 431 g/mol. The van der Waals surface area contributed by atoms with Crippen LogP contribution >= 0.6 is 0 Å². The van der Waals surface area contributed by atoms with Gasteiger partial charge in [-0.3, -0.25) is 9.59 Å². The minimum Gasteiger partial charge on any atom is -0.339 e. The molecule has 7 nitrogen and oxygen atoms in total. The van der Waals surface area contributed by atoms with Crippen LogP contribution in [-0.2, 0) is 11.3 Å². The number of aromatic nitrogens is 2. The Balaban J connectivity index is 1.78. The Kier molecular flexibility index (Phi) is 5.73. The molecule has 0 saturated carbocycles. The molecule has 0 unspecified atom stereocenters. The maximum atomic E-state index is 13.6. The molecule has 162 valence electrons. The molecule has 0 aliphatic carbocycles. The molecule has 0 radical (unpaired) electrons. The van der Waals surface area contributed by atoms with Gasteiger partial charge in [0.25, 0.3) is 5.91 Å². The van der Waals surface area contributed by atoms with E-state index in [0.29, 0.717) is 29.2 Å². The topological polar surface area (TPSA) is 99.8 Å². The average molecular weight is 431 g/mol. The maximum Gasteiger partial charge on any atom is 0.251 e. The highest BCUT2D eigenvalue weighted by Crippen LogP contribution is 2.39. The van der Waals surface area contributed by atoms with E-state index in [-0.39, 0.29) is 12.3 Å². The van der Waals surface area contributed by atoms with Crippen LogP contribution in [0.4, 0.5) is 10.2 Å². The van der Waals surface area contributed by atoms with E-state index in [0.717, 1.165) is 11.1 Å². The quantitative estimate of drug-likeness (QED) is 0.646. The van der Waals surface area contributed by atoms with Crippen molar-refractivity contribution in [3.05, 3.63) is 82.3 Å². The zero-order valence-electron chi connectivity index (χ0n) is 17.7. The summed E-state index contributed by atoms with van der Waals surface area (Å²) in [6.07, 6.45) is 0.234. The van der Waals surface area contributed by atoms with Gasteiger partial charge < -0.3 is 10.6 Å². The second-order valence-electron chi connectivity index (χ2n) is 7.82. The van der Waals surface area contributed by atoms with Gasteiger partial charge in [0.2, 0.25) is 5.91 Å². The molecule has 0 fully saturated rings. The third kappa shape index (κ3) is 3.97. The van der Waals surface area contributed by atoms with Gasteiger partial charge in [-0.2, -0.15) is 10.4 Å². The third-order valence-electron chi connectivity index (χ3n) is 5.57. The first kappa shape index (κ1) is 21.2. The molecule has 4 rings (SSSR count). The van der Waals surface area contributed by atoms with Crippen LogP contribution in [0.5, 0.6) is 0 Å². The lowest BCUT2D eigenvalue weighted by molar-refractivity contribution is -0.118. The van der Waals surface area contributed by atoms with Gasteiger partial charge in [-0.05, 0) is 43.7 Å². The van der Waals surface area contributed by atoms with Crippen molar-refractivity contribution in [2.75, 3.05) is 5.32 Å². The van der Waals surface area contributed by atoms with Gasteiger partial charge in [0.1, 0.15) is 17.7 Å². The van der Waals surface area contributed by atoms with E-state index < -0.39 is 23.7 Å². The molecule has 2 amide bonds. The van der Waals surface area contributed by atoms with Crippen molar-refractivity contribution in [3.63, 3.8) is 0 Å². The molecular formula is C24H22FN5O2. The Bertz CT molecular complexity index is 1230. The molecular weight excluding hydrogens is 409 g/mol. The lowest BCUT2D eigenvalue weighted by Crippen LogP contribution is -2.50.